The van der Waals surface area contributed by atoms with Gasteiger partial charge in [0.1, 0.15) is 5.75 Å². The summed E-state index contributed by atoms with van der Waals surface area (Å²) in [5.74, 6) is 0.917. The second-order valence-corrected chi connectivity index (χ2v) is 4.19. The van der Waals surface area contributed by atoms with Gasteiger partial charge >= 0.3 is 0 Å². The lowest BCUT2D eigenvalue weighted by Gasteiger charge is -2.07. The molecule has 0 aliphatic heterocycles. The number of benzene rings is 1. The highest BCUT2D eigenvalue weighted by Gasteiger charge is 1.87. The second-order valence-electron chi connectivity index (χ2n) is 2.13. The third kappa shape index (κ3) is 2.80. The zero-order valence-electron chi connectivity index (χ0n) is 6.25. The van der Waals surface area contributed by atoms with Gasteiger partial charge in [-0.15, -0.1) is 6.16 Å². The summed E-state index contributed by atoms with van der Waals surface area (Å²) in [5, 5.41) is 0. The van der Waals surface area contributed by atoms with Gasteiger partial charge in [0, 0.05) is 0 Å². The van der Waals surface area contributed by atoms with Crippen LogP contribution in [0.5, 0.6) is 5.75 Å². The van der Waals surface area contributed by atoms with Crippen molar-refractivity contribution in [3.8, 4) is 5.75 Å². The number of halogens is 1. The van der Waals surface area contributed by atoms with Gasteiger partial charge < -0.3 is 27.5 Å². The summed E-state index contributed by atoms with van der Waals surface area (Å²) in [7, 11) is 2.90. The third-order valence-corrected chi connectivity index (χ3v) is 2.64. The molecule has 0 N–H and O–H groups in total. The fourth-order valence-corrected chi connectivity index (χ4v) is 2.02. The Balaban J connectivity index is 2.66. The van der Waals surface area contributed by atoms with Crippen molar-refractivity contribution in [2.45, 2.75) is 6.16 Å². The largest absolute Gasteiger partial charge is 0.497 e. The zero-order valence-corrected chi connectivity index (χ0v) is 8.73. The molecule has 11 heavy (non-hydrogen) atoms. The van der Waals surface area contributed by atoms with Crippen LogP contribution in [-0.4, -0.2) is 7.11 Å². The van der Waals surface area contributed by atoms with Crippen LogP contribution in [0.1, 0.15) is 5.56 Å². The van der Waals surface area contributed by atoms with Crippen LogP contribution in [-0.2, 0) is 6.16 Å². The van der Waals surface area contributed by atoms with Gasteiger partial charge in [-0.3, -0.25) is 0 Å². The molecular formula is C8H9BrOP-. The Morgan fingerprint density at radius 1 is 1.36 bits per heavy atom. The van der Waals surface area contributed by atoms with Crippen LogP contribution < -0.4 is 4.74 Å². The Morgan fingerprint density at radius 3 is 2.45 bits per heavy atom. The molecule has 1 rings (SSSR count). The molecule has 0 amide bonds. The van der Waals surface area contributed by atoms with Crippen LogP contribution >= 0.6 is 22.8 Å². The summed E-state index contributed by atoms with van der Waals surface area (Å²) in [6.45, 7) is 0. The average Bonchev–Trinajstić information content (AvgIpc) is 2.07. The van der Waals surface area contributed by atoms with Gasteiger partial charge in [0.25, 0.3) is 0 Å². The van der Waals surface area contributed by atoms with Crippen molar-refractivity contribution in [1.29, 1.82) is 0 Å². The molecule has 0 heterocycles. The van der Waals surface area contributed by atoms with E-state index in [1.807, 2.05) is 12.1 Å². The van der Waals surface area contributed by atoms with Crippen LogP contribution in [0.25, 0.3) is 0 Å². The molecule has 0 bridgehead atoms. The van der Waals surface area contributed by atoms with Crippen molar-refractivity contribution in [3.63, 3.8) is 0 Å². The Labute approximate surface area is 76.7 Å². The van der Waals surface area contributed by atoms with Gasteiger partial charge in [0.2, 0.25) is 0 Å². The van der Waals surface area contributed by atoms with E-state index >= 15 is 0 Å². The molecule has 0 spiro atoms. The topological polar surface area (TPSA) is 9.23 Å². The van der Waals surface area contributed by atoms with Gasteiger partial charge in [0.05, 0.1) is 7.11 Å². The maximum Gasteiger partial charge on any atom is 0.118 e. The average molecular weight is 232 g/mol. The molecular weight excluding hydrogens is 223 g/mol. The maximum absolute atomic E-state index is 5.03. The van der Waals surface area contributed by atoms with E-state index in [-0.39, 0.29) is 0 Å². The van der Waals surface area contributed by atoms with Crippen LogP contribution in [0.15, 0.2) is 24.3 Å². The minimum absolute atomic E-state index is 0.917. The summed E-state index contributed by atoms with van der Waals surface area (Å²) >= 11 is 3.36. The molecule has 0 aliphatic rings. The van der Waals surface area contributed by atoms with Crippen LogP contribution in [0.2, 0.25) is 0 Å². The molecule has 0 saturated carbocycles. The predicted molar refractivity (Wildman–Crippen MR) is 52.5 cm³/mol. The number of hydrogen-bond acceptors (Lipinski definition) is 1. The minimum Gasteiger partial charge on any atom is -0.497 e. The zero-order chi connectivity index (χ0) is 8.10. The molecule has 0 aliphatic carbocycles. The molecule has 0 fully saturated rings. The Morgan fingerprint density at radius 2 is 2.00 bits per heavy atom. The Hall–Kier alpha value is -0.0700. The van der Waals surface area contributed by atoms with Crippen LogP contribution in [0.4, 0.5) is 0 Å². The SMILES string of the molecule is COc1ccc(C[P-]Br)cc1. The molecule has 1 aromatic carbocycles. The Bertz CT molecular complexity index is 210. The molecule has 1 nitrogen and oxygen atoms in total. The van der Waals surface area contributed by atoms with Crippen molar-refractivity contribution in [3.05, 3.63) is 29.8 Å². The number of ether oxygens (including phenoxy) is 1. The van der Waals surface area contributed by atoms with Crippen molar-refractivity contribution < 1.29 is 4.74 Å². The normalized spacial score (nSPS) is 10.7. The molecule has 0 unspecified atom stereocenters. The van der Waals surface area contributed by atoms with E-state index in [1.54, 1.807) is 7.11 Å². The monoisotopic (exact) mass is 231 g/mol. The van der Waals surface area contributed by atoms with Gasteiger partial charge in [0.15, 0.2) is 0 Å². The first kappa shape index (κ1) is 9.02. The summed E-state index contributed by atoms with van der Waals surface area (Å²) in [6, 6.07) is 8.11. The van der Waals surface area contributed by atoms with E-state index in [4.69, 9.17) is 4.74 Å². The second kappa shape index (κ2) is 4.74. The molecule has 0 saturated heterocycles. The van der Waals surface area contributed by atoms with Crippen molar-refractivity contribution >= 4 is 22.8 Å². The van der Waals surface area contributed by atoms with Gasteiger partial charge in [-0.05, 0) is 12.1 Å². The maximum atomic E-state index is 5.03. The standard InChI is InChI=1S/C8H9BrOP/c1-10-8-4-2-7(3-5-8)6-11-9/h2-5H,6H2,1H3/q-1. The van der Waals surface area contributed by atoms with Gasteiger partial charge in [-0.1, -0.05) is 17.7 Å². The first-order chi connectivity index (χ1) is 5.36. The first-order valence-corrected chi connectivity index (χ1v) is 6.37. The summed E-state index contributed by atoms with van der Waals surface area (Å²) in [5.41, 5.74) is 1.32. The van der Waals surface area contributed by atoms with E-state index in [0.717, 1.165) is 11.9 Å². The van der Waals surface area contributed by atoms with Crippen LogP contribution in [0.3, 0.4) is 0 Å². The molecule has 0 atom stereocenters. The highest BCUT2D eigenvalue weighted by molar-refractivity contribution is 9.36. The van der Waals surface area contributed by atoms with Crippen molar-refractivity contribution in [2.75, 3.05) is 7.11 Å². The van der Waals surface area contributed by atoms with E-state index in [0.29, 0.717) is 0 Å². The lowest BCUT2D eigenvalue weighted by Crippen LogP contribution is -1.82. The highest BCUT2D eigenvalue weighted by atomic mass is 79.9. The predicted octanol–water partition coefficient (Wildman–Crippen LogP) is 3.45. The van der Waals surface area contributed by atoms with E-state index in [9.17, 15) is 0 Å². The quantitative estimate of drug-likeness (QED) is 0.725. The van der Waals surface area contributed by atoms with E-state index < -0.39 is 0 Å². The molecule has 0 radical (unpaired) electrons. The summed E-state index contributed by atoms with van der Waals surface area (Å²) in [4.78, 5) is 0. The highest BCUT2D eigenvalue weighted by Crippen LogP contribution is 2.26. The molecule has 0 aromatic heterocycles. The lowest BCUT2D eigenvalue weighted by atomic mass is 10.2. The molecule has 60 valence electrons. The molecule has 3 heteroatoms. The van der Waals surface area contributed by atoms with E-state index in [1.165, 1.54) is 12.8 Å². The number of rotatable bonds is 3. The van der Waals surface area contributed by atoms with Gasteiger partial charge in [-0.2, -0.15) is 0 Å². The van der Waals surface area contributed by atoms with Crippen molar-refractivity contribution in [1.82, 2.24) is 0 Å². The van der Waals surface area contributed by atoms with Crippen molar-refractivity contribution in [2.24, 2.45) is 0 Å². The first-order valence-electron chi connectivity index (χ1n) is 3.27. The van der Waals surface area contributed by atoms with Crippen LogP contribution in [0, 0.1) is 0 Å². The fourth-order valence-electron chi connectivity index (χ4n) is 0.800. The molecule has 1 aromatic rings. The Kier molecular flexibility index (Phi) is 3.88. The van der Waals surface area contributed by atoms with E-state index in [2.05, 4.69) is 27.6 Å². The minimum atomic E-state index is 0.917. The van der Waals surface area contributed by atoms with Gasteiger partial charge in [-0.25, -0.2) is 0 Å². The lowest BCUT2D eigenvalue weighted by molar-refractivity contribution is 0.414. The summed E-state index contributed by atoms with van der Waals surface area (Å²) in [6.07, 6.45) is 1.05. The fraction of sp³-hybridized carbons (Fsp3) is 0.250. The number of hydrogen-bond donors (Lipinski definition) is 0. The number of methoxy groups -OCH3 is 1. The summed E-state index contributed by atoms with van der Waals surface area (Å²) < 4.78 is 5.03. The third-order valence-electron chi connectivity index (χ3n) is 1.40. The smallest absolute Gasteiger partial charge is 0.118 e.